The zero-order valence-corrected chi connectivity index (χ0v) is 15.9. The normalized spacial score (nSPS) is 12.4. The largest absolute Gasteiger partial charge is 0.367 e. The van der Waals surface area contributed by atoms with Gasteiger partial charge in [-0.3, -0.25) is 14.9 Å². The standard InChI is InChI=1S/C18H20N2O6S/c1-12-9-15(10-13(2)17(12)27(24,25)11-20(22)23)19-18(21)16(26-3)14-7-5-4-6-8-14/h4-10,16H,11H2,1-3H3,(H,19,21). The lowest BCUT2D eigenvalue weighted by molar-refractivity contribution is -0.458. The van der Waals surface area contributed by atoms with Crippen LogP contribution in [0.2, 0.25) is 0 Å². The molecule has 0 heterocycles. The van der Waals surface area contributed by atoms with Crippen LogP contribution in [0.25, 0.3) is 0 Å². The number of ether oxygens (including phenoxy) is 1. The second-order valence-corrected chi connectivity index (χ2v) is 7.93. The van der Waals surface area contributed by atoms with Gasteiger partial charge in [-0.25, -0.2) is 8.42 Å². The number of nitrogens with one attached hydrogen (secondary N) is 1. The first kappa shape index (κ1) is 20.5. The number of hydrogen-bond acceptors (Lipinski definition) is 6. The van der Waals surface area contributed by atoms with Crippen LogP contribution in [-0.4, -0.2) is 32.2 Å². The third-order valence-electron chi connectivity index (χ3n) is 3.89. The molecule has 144 valence electrons. The number of aryl methyl sites for hydroxylation is 2. The fraction of sp³-hybridized carbons (Fsp3) is 0.278. The fourth-order valence-corrected chi connectivity index (χ4v) is 4.45. The fourth-order valence-electron chi connectivity index (χ4n) is 2.95. The molecule has 1 unspecified atom stereocenters. The molecule has 0 radical (unpaired) electrons. The maximum absolute atomic E-state index is 12.6. The number of nitro groups is 1. The molecular formula is C18H20N2O6S. The number of anilines is 1. The van der Waals surface area contributed by atoms with Crippen LogP contribution in [0.3, 0.4) is 0 Å². The molecule has 0 spiro atoms. The Morgan fingerprint density at radius 1 is 1.19 bits per heavy atom. The third kappa shape index (κ3) is 4.89. The van der Waals surface area contributed by atoms with E-state index in [-0.39, 0.29) is 4.90 Å². The van der Waals surface area contributed by atoms with E-state index in [1.165, 1.54) is 33.1 Å². The molecule has 2 aromatic rings. The molecule has 0 aliphatic rings. The summed E-state index contributed by atoms with van der Waals surface area (Å²) in [7, 11) is -2.65. The molecule has 0 saturated carbocycles. The third-order valence-corrected chi connectivity index (χ3v) is 5.71. The van der Waals surface area contributed by atoms with E-state index in [0.717, 1.165) is 0 Å². The maximum Gasteiger partial charge on any atom is 0.305 e. The molecule has 1 atom stereocenters. The van der Waals surface area contributed by atoms with Crippen LogP contribution in [0.4, 0.5) is 5.69 Å². The molecule has 2 rings (SSSR count). The number of nitrogens with zero attached hydrogens (tertiary/aromatic N) is 1. The summed E-state index contributed by atoms with van der Waals surface area (Å²) in [6.45, 7) is 3.06. The monoisotopic (exact) mass is 392 g/mol. The molecule has 2 aromatic carbocycles. The highest BCUT2D eigenvalue weighted by atomic mass is 32.2. The Morgan fingerprint density at radius 2 is 1.74 bits per heavy atom. The van der Waals surface area contributed by atoms with Gasteiger partial charge in [0.05, 0.1) is 4.90 Å². The highest BCUT2D eigenvalue weighted by Crippen LogP contribution is 2.27. The van der Waals surface area contributed by atoms with Crippen LogP contribution in [0.5, 0.6) is 0 Å². The zero-order chi connectivity index (χ0) is 20.2. The molecular weight excluding hydrogens is 372 g/mol. The topological polar surface area (TPSA) is 116 Å². The molecule has 8 nitrogen and oxygen atoms in total. The van der Waals surface area contributed by atoms with E-state index in [1.54, 1.807) is 24.3 Å². The van der Waals surface area contributed by atoms with Crippen molar-refractivity contribution in [1.82, 2.24) is 0 Å². The Morgan fingerprint density at radius 3 is 2.22 bits per heavy atom. The highest BCUT2D eigenvalue weighted by molar-refractivity contribution is 7.91. The summed E-state index contributed by atoms with van der Waals surface area (Å²) < 4.78 is 29.7. The van der Waals surface area contributed by atoms with Gasteiger partial charge in [0.1, 0.15) is 0 Å². The summed E-state index contributed by atoms with van der Waals surface area (Å²) in [5.74, 6) is -1.59. The van der Waals surface area contributed by atoms with E-state index in [4.69, 9.17) is 4.74 Å². The predicted molar refractivity (Wildman–Crippen MR) is 99.8 cm³/mol. The van der Waals surface area contributed by atoms with Crippen molar-refractivity contribution < 1.29 is 22.9 Å². The molecule has 0 aliphatic carbocycles. The Bertz CT molecular complexity index is 934. The number of hydrogen-bond donors (Lipinski definition) is 1. The number of rotatable bonds is 7. The summed E-state index contributed by atoms with van der Waals surface area (Å²) in [5, 5.41) is 13.3. The van der Waals surface area contributed by atoms with Crippen molar-refractivity contribution in [2.75, 3.05) is 18.3 Å². The van der Waals surface area contributed by atoms with Crippen molar-refractivity contribution in [3.05, 3.63) is 69.3 Å². The maximum atomic E-state index is 12.6. The van der Waals surface area contributed by atoms with Gasteiger partial charge < -0.3 is 10.1 Å². The van der Waals surface area contributed by atoms with Crippen LogP contribution in [0, 0.1) is 24.0 Å². The number of carbonyl (C=O) groups is 1. The molecule has 0 fully saturated rings. The minimum atomic E-state index is -4.07. The summed E-state index contributed by atoms with van der Waals surface area (Å²) in [4.78, 5) is 22.2. The lowest BCUT2D eigenvalue weighted by Crippen LogP contribution is -2.23. The van der Waals surface area contributed by atoms with Crippen molar-refractivity contribution >= 4 is 21.4 Å². The lowest BCUT2D eigenvalue weighted by atomic mass is 10.1. The SMILES string of the molecule is COC(C(=O)Nc1cc(C)c(S(=O)(=O)C[N+](=O)[O-])c(C)c1)c1ccccc1. The average Bonchev–Trinajstić information content (AvgIpc) is 2.54. The predicted octanol–water partition coefficient (Wildman–Crippen LogP) is 2.64. The van der Waals surface area contributed by atoms with Crippen molar-refractivity contribution in [2.45, 2.75) is 24.8 Å². The molecule has 0 saturated heterocycles. The summed E-state index contributed by atoms with van der Waals surface area (Å²) in [6.07, 6.45) is -0.829. The van der Waals surface area contributed by atoms with Crippen molar-refractivity contribution in [3.8, 4) is 0 Å². The van der Waals surface area contributed by atoms with Gasteiger partial charge in [0.25, 0.3) is 5.91 Å². The van der Waals surface area contributed by atoms with E-state index < -0.39 is 32.6 Å². The number of methoxy groups -OCH3 is 1. The van der Waals surface area contributed by atoms with Gasteiger partial charge in [-0.1, -0.05) is 30.3 Å². The molecule has 0 aliphatic heterocycles. The van der Waals surface area contributed by atoms with Gasteiger partial charge in [-0.05, 0) is 42.7 Å². The first-order valence-corrected chi connectivity index (χ1v) is 9.65. The Hall–Kier alpha value is -2.78. The van der Waals surface area contributed by atoms with Crippen LogP contribution in [-0.2, 0) is 19.4 Å². The van der Waals surface area contributed by atoms with E-state index in [2.05, 4.69) is 5.32 Å². The van der Waals surface area contributed by atoms with Gasteiger partial charge in [-0.2, -0.15) is 0 Å². The number of carbonyl (C=O) groups excluding carboxylic acids is 1. The molecule has 27 heavy (non-hydrogen) atoms. The van der Waals surface area contributed by atoms with Gasteiger partial charge in [0.2, 0.25) is 9.84 Å². The number of sulfone groups is 1. The van der Waals surface area contributed by atoms with Gasteiger partial charge in [0.15, 0.2) is 6.10 Å². The van der Waals surface area contributed by atoms with Gasteiger partial charge in [-0.15, -0.1) is 0 Å². The van der Waals surface area contributed by atoms with E-state index in [9.17, 15) is 23.3 Å². The second kappa shape index (κ2) is 8.28. The molecule has 0 bridgehead atoms. The van der Waals surface area contributed by atoms with E-state index in [0.29, 0.717) is 22.4 Å². The van der Waals surface area contributed by atoms with Crippen LogP contribution in [0.1, 0.15) is 22.8 Å². The van der Waals surface area contributed by atoms with Crippen molar-refractivity contribution in [1.29, 1.82) is 0 Å². The van der Waals surface area contributed by atoms with Gasteiger partial charge in [0, 0.05) is 17.7 Å². The average molecular weight is 392 g/mol. The van der Waals surface area contributed by atoms with Crippen LogP contribution >= 0.6 is 0 Å². The zero-order valence-electron chi connectivity index (χ0n) is 15.1. The molecule has 1 amide bonds. The number of benzene rings is 2. The smallest absolute Gasteiger partial charge is 0.305 e. The minimum absolute atomic E-state index is 0.0939. The Labute approximate surface area is 157 Å². The van der Waals surface area contributed by atoms with Crippen LogP contribution < -0.4 is 5.32 Å². The van der Waals surface area contributed by atoms with E-state index in [1.807, 2.05) is 6.07 Å². The molecule has 1 N–H and O–H groups in total. The van der Waals surface area contributed by atoms with Crippen LogP contribution in [0.15, 0.2) is 47.4 Å². The number of amides is 1. The first-order valence-electron chi connectivity index (χ1n) is 8.00. The van der Waals surface area contributed by atoms with Gasteiger partial charge >= 0.3 is 5.88 Å². The Kier molecular flexibility index (Phi) is 6.29. The van der Waals surface area contributed by atoms with Crippen molar-refractivity contribution in [2.24, 2.45) is 0 Å². The highest BCUT2D eigenvalue weighted by Gasteiger charge is 2.26. The first-order chi connectivity index (χ1) is 12.7. The van der Waals surface area contributed by atoms with Crippen molar-refractivity contribution in [3.63, 3.8) is 0 Å². The Balaban J connectivity index is 2.31. The molecule has 0 aromatic heterocycles. The van der Waals surface area contributed by atoms with E-state index >= 15 is 0 Å². The summed E-state index contributed by atoms with van der Waals surface area (Å²) in [5.41, 5.74) is 1.70. The lowest BCUT2D eigenvalue weighted by Gasteiger charge is -2.17. The quantitative estimate of drug-likeness (QED) is 0.572. The second-order valence-electron chi connectivity index (χ2n) is 6.03. The molecule has 9 heteroatoms. The minimum Gasteiger partial charge on any atom is -0.367 e. The summed E-state index contributed by atoms with van der Waals surface area (Å²) >= 11 is 0. The summed E-state index contributed by atoms with van der Waals surface area (Å²) in [6, 6.07) is 11.9.